The van der Waals surface area contributed by atoms with E-state index in [1.165, 1.54) is 32.1 Å². The summed E-state index contributed by atoms with van der Waals surface area (Å²) in [5, 5.41) is 11.5. The minimum Gasteiger partial charge on any atom is -0.463 e. The second-order valence-corrected chi connectivity index (χ2v) is 16.1. The van der Waals surface area contributed by atoms with E-state index in [2.05, 4.69) is 96.7 Å². The summed E-state index contributed by atoms with van der Waals surface area (Å²) in [4.78, 5) is 19.3. The summed E-state index contributed by atoms with van der Waals surface area (Å²) in [6.45, 7) is 21.2. The van der Waals surface area contributed by atoms with Crippen molar-refractivity contribution >= 4 is 50.2 Å². The van der Waals surface area contributed by atoms with E-state index < -0.39 is 0 Å². The van der Waals surface area contributed by atoms with Crippen LogP contribution in [0.4, 0.5) is 5.82 Å². The van der Waals surface area contributed by atoms with Gasteiger partial charge in [-0.15, -0.1) is 11.3 Å². The molecule has 0 saturated carbocycles. The predicted molar refractivity (Wildman–Crippen MR) is 216 cm³/mol. The Morgan fingerprint density at radius 3 is 2.57 bits per heavy atom. The maximum Gasteiger partial charge on any atom is 0.318 e. The Bertz CT molecular complexity index is 1790. The summed E-state index contributed by atoms with van der Waals surface area (Å²) >= 11 is 1.73. The average molecular weight is 710 g/mol. The molecule has 3 heterocycles. The molecule has 0 bridgehead atoms. The van der Waals surface area contributed by atoms with E-state index in [1.807, 2.05) is 0 Å². The molecule has 51 heavy (non-hydrogen) atoms. The molecular weight excluding hydrogens is 651 g/mol. The Morgan fingerprint density at radius 1 is 1.08 bits per heavy atom. The highest BCUT2D eigenvalue weighted by atomic mass is 32.1. The fourth-order valence-electron chi connectivity index (χ4n) is 7.29. The third-order valence-corrected chi connectivity index (χ3v) is 11.9. The molecule has 2 unspecified atom stereocenters. The van der Waals surface area contributed by atoms with Gasteiger partial charge < -0.3 is 14.4 Å². The summed E-state index contributed by atoms with van der Waals surface area (Å²) in [5.41, 5.74) is 6.63. The Morgan fingerprint density at radius 2 is 1.86 bits per heavy atom. The molecular formula is C43H59N5O2S. The molecule has 0 N–H and O–H groups in total. The molecule has 2 atom stereocenters. The summed E-state index contributed by atoms with van der Waals surface area (Å²) < 4.78 is 13.7. The third kappa shape index (κ3) is 8.75. The first-order chi connectivity index (χ1) is 24.7. The van der Waals surface area contributed by atoms with Gasteiger partial charge >= 0.3 is 6.01 Å². The topological polar surface area (TPSA) is 83.6 Å². The van der Waals surface area contributed by atoms with Gasteiger partial charge in [0.15, 0.2) is 0 Å². The number of allylic oxidation sites excluding steroid dienone is 3. The lowest BCUT2D eigenvalue weighted by atomic mass is 9.81. The highest BCUT2D eigenvalue weighted by molar-refractivity contribution is 7.19. The number of anilines is 1. The molecule has 2 aliphatic rings. The zero-order valence-corrected chi connectivity index (χ0v) is 33.2. The van der Waals surface area contributed by atoms with Crippen LogP contribution < -0.4 is 9.64 Å². The molecule has 1 aliphatic heterocycles. The van der Waals surface area contributed by atoms with Gasteiger partial charge in [0.25, 0.3) is 0 Å². The summed E-state index contributed by atoms with van der Waals surface area (Å²) in [7, 11) is 0. The van der Waals surface area contributed by atoms with Crippen LogP contribution in [0.1, 0.15) is 146 Å². The maximum absolute atomic E-state index is 10.5. The van der Waals surface area contributed by atoms with Crippen molar-refractivity contribution in [3.8, 4) is 12.1 Å². The van der Waals surface area contributed by atoms with Crippen molar-refractivity contribution in [1.82, 2.24) is 9.97 Å². The van der Waals surface area contributed by atoms with Gasteiger partial charge in [-0.2, -0.15) is 15.2 Å². The van der Waals surface area contributed by atoms with Gasteiger partial charge in [0.05, 0.1) is 35.7 Å². The van der Waals surface area contributed by atoms with Crippen molar-refractivity contribution in [3.63, 3.8) is 0 Å². The number of aromatic nitrogens is 2. The zero-order valence-electron chi connectivity index (χ0n) is 32.4. The van der Waals surface area contributed by atoms with Gasteiger partial charge in [-0.3, -0.25) is 4.99 Å². The van der Waals surface area contributed by atoms with Crippen molar-refractivity contribution in [2.45, 2.75) is 125 Å². The Hall–Kier alpha value is -3.54. The molecule has 7 nitrogen and oxygen atoms in total. The Balaban J connectivity index is 1.73. The van der Waals surface area contributed by atoms with E-state index in [4.69, 9.17) is 24.4 Å². The molecule has 274 valence electrons. The van der Waals surface area contributed by atoms with Gasteiger partial charge in [0.1, 0.15) is 11.9 Å². The van der Waals surface area contributed by atoms with Crippen molar-refractivity contribution in [2.75, 3.05) is 37.8 Å². The molecule has 1 saturated heterocycles. The van der Waals surface area contributed by atoms with Crippen molar-refractivity contribution in [3.05, 3.63) is 51.5 Å². The third-order valence-electron chi connectivity index (χ3n) is 10.4. The molecule has 5 rings (SSSR count). The number of unbranched alkanes of at least 4 members (excludes halogenated alkanes) is 3. The summed E-state index contributed by atoms with van der Waals surface area (Å²) in [6, 6.07) is 9.52. The molecule has 1 aliphatic carbocycles. The highest BCUT2D eigenvalue weighted by Crippen LogP contribution is 2.45. The number of hydrogen-bond donors (Lipinski definition) is 0. The molecule has 1 aromatic carbocycles. The van der Waals surface area contributed by atoms with Crippen LogP contribution in [0.5, 0.6) is 6.01 Å². The lowest BCUT2D eigenvalue weighted by Crippen LogP contribution is -2.30. The second kappa shape index (κ2) is 17.8. The van der Waals surface area contributed by atoms with E-state index in [0.29, 0.717) is 19.2 Å². The molecule has 0 spiro atoms. The Kier molecular flexibility index (Phi) is 13.5. The van der Waals surface area contributed by atoms with Gasteiger partial charge in [0, 0.05) is 57.3 Å². The first-order valence-electron chi connectivity index (χ1n) is 19.5. The van der Waals surface area contributed by atoms with Gasteiger partial charge in [-0.05, 0) is 63.2 Å². The molecule has 8 heteroatoms. The van der Waals surface area contributed by atoms with Crippen LogP contribution in [0.15, 0.2) is 29.3 Å². The maximum atomic E-state index is 10.5. The summed E-state index contributed by atoms with van der Waals surface area (Å²) in [5.74, 6) is 1.14. The number of thiophene rings is 1. The zero-order chi connectivity index (χ0) is 36.5. The van der Waals surface area contributed by atoms with E-state index in [-0.39, 0.29) is 17.4 Å². The number of nitriles is 1. The highest BCUT2D eigenvalue weighted by Gasteiger charge is 2.33. The number of aliphatic imine (C=N–C) groups is 1. The van der Waals surface area contributed by atoms with Crippen LogP contribution >= 0.6 is 11.3 Å². The monoisotopic (exact) mass is 709 g/mol. The first-order valence-corrected chi connectivity index (χ1v) is 20.3. The van der Waals surface area contributed by atoms with Crippen molar-refractivity contribution in [2.24, 2.45) is 10.4 Å². The number of rotatable bonds is 15. The number of nitrogens with zero attached hydrogens (tertiary/aromatic N) is 5. The smallest absolute Gasteiger partial charge is 0.318 e. The van der Waals surface area contributed by atoms with E-state index >= 15 is 0 Å². The van der Waals surface area contributed by atoms with E-state index in [1.54, 1.807) is 11.3 Å². The lowest BCUT2D eigenvalue weighted by Gasteiger charge is -2.31. The van der Waals surface area contributed by atoms with E-state index in [0.717, 1.165) is 105 Å². The SMILES string of the molecule is C/C=C1\C(=NC(C)CC)C(c2cccc3sc(C(C)C)c(C#N)c23)=Cc2nc(OCC(C)(CCCC)CCCCC)nc(N3CCCOCC3)c21. The minimum atomic E-state index is 0.0586. The lowest BCUT2D eigenvalue weighted by molar-refractivity contribution is 0.126. The summed E-state index contributed by atoms with van der Waals surface area (Å²) in [6.07, 6.45) is 14.5. The number of benzene rings is 1. The van der Waals surface area contributed by atoms with Gasteiger partial charge in [-0.25, -0.2) is 0 Å². The van der Waals surface area contributed by atoms with Crippen LogP contribution in [0.25, 0.3) is 27.3 Å². The largest absolute Gasteiger partial charge is 0.463 e. The fourth-order valence-corrected chi connectivity index (χ4v) is 8.47. The molecule has 2 aromatic heterocycles. The number of hydrogen-bond acceptors (Lipinski definition) is 8. The van der Waals surface area contributed by atoms with E-state index in [9.17, 15) is 5.26 Å². The number of fused-ring (bicyclic) bond motifs is 2. The average Bonchev–Trinajstić information content (AvgIpc) is 3.31. The normalized spacial score (nSPS) is 18.4. The van der Waals surface area contributed by atoms with Crippen LogP contribution in [-0.4, -0.2) is 54.6 Å². The molecule has 1 fully saturated rings. The number of ether oxygens (including phenoxy) is 2. The van der Waals surface area contributed by atoms with Crippen LogP contribution in [-0.2, 0) is 4.74 Å². The Labute approximate surface area is 310 Å². The minimum absolute atomic E-state index is 0.0586. The fraction of sp³-hybridized carbons (Fsp3) is 0.581. The van der Waals surface area contributed by atoms with Crippen molar-refractivity contribution in [1.29, 1.82) is 5.26 Å². The van der Waals surface area contributed by atoms with Crippen molar-refractivity contribution < 1.29 is 9.47 Å². The molecule has 0 radical (unpaired) electrons. The van der Waals surface area contributed by atoms with Gasteiger partial charge in [0.2, 0.25) is 0 Å². The molecule has 0 amide bonds. The predicted octanol–water partition coefficient (Wildman–Crippen LogP) is 11.3. The van der Waals surface area contributed by atoms with Gasteiger partial charge in [-0.1, -0.05) is 91.9 Å². The quantitative estimate of drug-likeness (QED) is 0.146. The first kappa shape index (κ1) is 38.7. The van der Waals surface area contributed by atoms with Crippen LogP contribution in [0.3, 0.4) is 0 Å². The second-order valence-electron chi connectivity index (χ2n) is 15.0. The van der Waals surface area contributed by atoms with Crippen LogP contribution in [0, 0.1) is 16.7 Å². The molecule has 3 aromatic rings. The standard InChI is InChI=1S/C43H59N5O2S/c1-9-13-15-21-43(8,20-14-10-2)28-50-42-46-35-26-33(32-18-16-19-36-37(32)34(27-44)40(51-36)29(5)6)39(45-30(7)11-3)31(12-4)38(35)41(47-42)48-22-17-24-49-25-23-48/h12,16,18-19,26,29-30H,9-11,13-15,17,20-25,28H2,1-8H3/b31-12-,45-39?. The van der Waals surface area contributed by atoms with Crippen LogP contribution in [0.2, 0.25) is 0 Å².